The summed E-state index contributed by atoms with van der Waals surface area (Å²) in [5, 5.41) is 3.81. The van der Waals surface area contributed by atoms with Gasteiger partial charge in [-0.2, -0.15) is 0 Å². The van der Waals surface area contributed by atoms with Gasteiger partial charge in [-0.1, -0.05) is 36.2 Å². The van der Waals surface area contributed by atoms with Crippen molar-refractivity contribution in [1.29, 1.82) is 0 Å². The van der Waals surface area contributed by atoms with Gasteiger partial charge in [-0.15, -0.1) is 0 Å². The Morgan fingerprint density at radius 2 is 1.61 bits per heavy atom. The minimum absolute atomic E-state index is 0.0171. The van der Waals surface area contributed by atoms with Gasteiger partial charge in [0, 0.05) is 40.8 Å². The van der Waals surface area contributed by atoms with Crippen molar-refractivity contribution in [1.82, 2.24) is 10.2 Å². The van der Waals surface area contributed by atoms with Crippen LogP contribution in [-0.4, -0.2) is 49.6 Å². The maximum atomic E-state index is 13.2. The molecule has 2 rings (SSSR count). The summed E-state index contributed by atoms with van der Waals surface area (Å²) in [5.41, 5.74) is 0.667. The predicted octanol–water partition coefficient (Wildman–Crippen LogP) is 4.72. The molecule has 0 bridgehead atoms. The Bertz CT molecular complexity index is 948. The Labute approximate surface area is 204 Å². The van der Waals surface area contributed by atoms with Crippen molar-refractivity contribution >= 4 is 35.0 Å². The Kier molecular flexibility index (Phi) is 10.1. The number of benzene rings is 2. The lowest BCUT2D eigenvalue weighted by atomic mass is 10.1. The Morgan fingerprint density at radius 1 is 1.00 bits per heavy atom. The van der Waals surface area contributed by atoms with Gasteiger partial charge < -0.3 is 24.4 Å². The summed E-state index contributed by atoms with van der Waals surface area (Å²) in [6.45, 7) is 5.39. The SMILES string of the molecule is CC[C@@H](C)NC(=O)[C@H](C)N(Cc1ccc(Cl)cc1Cl)C(=O)COc1cc(OC)cc(OC)c1. The van der Waals surface area contributed by atoms with Gasteiger partial charge in [0.15, 0.2) is 6.61 Å². The average molecular weight is 497 g/mol. The van der Waals surface area contributed by atoms with Gasteiger partial charge >= 0.3 is 0 Å². The lowest BCUT2D eigenvalue weighted by Gasteiger charge is -2.30. The summed E-state index contributed by atoms with van der Waals surface area (Å²) < 4.78 is 16.2. The van der Waals surface area contributed by atoms with Crippen molar-refractivity contribution in [3.63, 3.8) is 0 Å². The average Bonchev–Trinajstić information content (AvgIpc) is 2.81. The van der Waals surface area contributed by atoms with Crippen LogP contribution in [0.5, 0.6) is 17.2 Å². The molecular formula is C24H30Cl2N2O5. The highest BCUT2D eigenvalue weighted by molar-refractivity contribution is 6.35. The van der Waals surface area contributed by atoms with E-state index in [0.29, 0.717) is 32.9 Å². The van der Waals surface area contributed by atoms with E-state index in [1.807, 2.05) is 13.8 Å². The van der Waals surface area contributed by atoms with Crippen LogP contribution < -0.4 is 19.5 Å². The number of methoxy groups -OCH3 is 2. The first-order chi connectivity index (χ1) is 15.7. The molecular weight excluding hydrogens is 467 g/mol. The van der Waals surface area contributed by atoms with Gasteiger partial charge in [0.2, 0.25) is 5.91 Å². The van der Waals surface area contributed by atoms with Crippen molar-refractivity contribution in [3.8, 4) is 17.2 Å². The highest BCUT2D eigenvalue weighted by atomic mass is 35.5. The fourth-order valence-corrected chi connectivity index (χ4v) is 3.44. The molecule has 2 amide bonds. The first-order valence-electron chi connectivity index (χ1n) is 10.6. The fourth-order valence-electron chi connectivity index (χ4n) is 2.97. The van der Waals surface area contributed by atoms with E-state index in [1.165, 1.54) is 19.1 Å². The van der Waals surface area contributed by atoms with E-state index in [4.69, 9.17) is 37.4 Å². The molecule has 0 saturated carbocycles. The molecule has 0 radical (unpaired) electrons. The molecule has 33 heavy (non-hydrogen) atoms. The zero-order chi connectivity index (χ0) is 24.5. The smallest absolute Gasteiger partial charge is 0.261 e. The Morgan fingerprint density at radius 3 is 2.15 bits per heavy atom. The monoisotopic (exact) mass is 496 g/mol. The van der Waals surface area contributed by atoms with Crippen LogP contribution in [0.15, 0.2) is 36.4 Å². The normalized spacial score (nSPS) is 12.5. The minimum atomic E-state index is -0.748. The molecule has 7 nitrogen and oxygen atoms in total. The second kappa shape index (κ2) is 12.6. The van der Waals surface area contributed by atoms with E-state index in [0.717, 1.165) is 6.42 Å². The van der Waals surface area contributed by atoms with Crippen molar-refractivity contribution in [2.24, 2.45) is 0 Å². The number of carbonyl (C=O) groups excluding carboxylic acids is 2. The number of nitrogens with zero attached hydrogens (tertiary/aromatic N) is 1. The molecule has 0 heterocycles. The van der Waals surface area contributed by atoms with Crippen LogP contribution in [0.25, 0.3) is 0 Å². The molecule has 9 heteroatoms. The van der Waals surface area contributed by atoms with E-state index in [-0.39, 0.29) is 31.0 Å². The van der Waals surface area contributed by atoms with Crippen LogP contribution in [0.1, 0.15) is 32.8 Å². The summed E-state index contributed by atoms with van der Waals surface area (Å²) in [7, 11) is 3.05. The van der Waals surface area contributed by atoms with Crippen molar-refractivity contribution in [2.75, 3.05) is 20.8 Å². The number of ether oxygens (including phenoxy) is 3. The Balaban J connectivity index is 2.24. The van der Waals surface area contributed by atoms with Gasteiger partial charge in [-0.25, -0.2) is 0 Å². The van der Waals surface area contributed by atoms with Gasteiger partial charge in [-0.3, -0.25) is 9.59 Å². The molecule has 180 valence electrons. The van der Waals surface area contributed by atoms with Crippen LogP contribution in [0, 0.1) is 0 Å². The fraction of sp³-hybridized carbons (Fsp3) is 0.417. The van der Waals surface area contributed by atoms with Crippen LogP contribution in [0.4, 0.5) is 0 Å². The first-order valence-corrected chi connectivity index (χ1v) is 11.3. The van der Waals surface area contributed by atoms with Crippen LogP contribution in [0.3, 0.4) is 0 Å². The minimum Gasteiger partial charge on any atom is -0.496 e. The standard InChI is InChI=1S/C24H30Cl2N2O5/c1-6-15(2)27-24(30)16(3)28(13-17-7-8-18(25)9-22(17)26)23(29)14-33-21-11-19(31-4)10-20(12-21)32-5/h7-12,15-16H,6,13-14H2,1-5H3,(H,27,30)/t15-,16+/m1/s1. The van der Waals surface area contributed by atoms with Crippen LogP contribution in [-0.2, 0) is 16.1 Å². The van der Waals surface area contributed by atoms with Crippen molar-refractivity contribution in [3.05, 3.63) is 52.0 Å². The Hall–Kier alpha value is -2.64. The second-order valence-electron chi connectivity index (χ2n) is 7.59. The van der Waals surface area contributed by atoms with Gasteiger partial charge in [0.05, 0.1) is 14.2 Å². The van der Waals surface area contributed by atoms with E-state index in [1.54, 1.807) is 43.3 Å². The lowest BCUT2D eigenvalue weighted by molar-refractivity contribution is -0.142. The third kappa shape index (κ3) is 7.72. The first kappa shape index (κ1) is 26.6. The maximum Gasteiger partial charge on any atom is 0.261 e. The summed E-state index contributed by atoms with van der Waals surface area (Å²) in [4.78, 5) is 27.4. The number of halogens is 2. The number of hydrogen-bond acceptors (Lipinski definition) is 5. The molecule has 0 aliphatic heterocycles. The quantitative estimate of drug-likeness (QED) is 0.486. The van der Waals surface area contributed by atoms with Gasteiger partial charge in [0.1, 0.15) is 23.3 Å². The summed E-state index contributed by atoms with van der Waals surface area (Å²) in [6, 6.07) is 9.25. The zero-order valence-electron chi connectivity index (χ0n) is 19.5. The van der Waals surface area contributed by atoms with Crippen LogP contribution >= 0.6 is 23.2 Å². The topological polar surface area (TPSA) is 77.1 Å². The molecule has 0 aromatic heterocycles. The van der Waals surface area contributed by atoms with Gasteiger partial charge in [-0.05, 0) is 38.0 Å². The second-order valence-corrected chi connectivity index (χ2v) is 8.43. The van der Waals surface area contributed by atoms with Crippen molar-refractivity contribution < 1.29 is 23.8 Å². The molecule has 0 spiro atoms. The molecule has 0 aliphatic rings. The third-order valence-corrected chi connectivity index (χ3v) is 5.80. The number of hydrogen-bond donors (Lipinski definition) is 1. The molecule has 2 aromatic carbocycles. The molecule has 2 atom stereocenters. The largest absolute Gasteiger partial charge is 0.496 e. The number of nitrogens with one attached hydrogen (secondary N) is 1. The van der Waals surface area contributed by atoms with Gasteiger partial charge in [0.25, 0.3) is 5.91 Å². The number of amides is 2. The molecule has 0 aliphatic carbocycles. The summed E-state index contributed by atoms with van der Waals surface area (Å²) >= 11 is 12.3. The third-order valence-electron chi connectivity index (χ3n) is 5.21. The zero-order valence-corrected chi connectivity index (χ0v) is 21.0. The van der Waals surface area contributed by atoms with Crippen LogP contribution in [0.2, 0.25) is 10.0 Å². The van der Waals surface area contributed by atoms with E-state index in [2.05, 4.69) is 5.32 Å². The van der Waals surface area contributed by atoms with E-state index in [9.17, 15) is 9.59 Å². The number of rotatable bonds is 11. The van der Waals surface area contributed by atoms with Crippen molar-refractivity contribution in [2.45, 2.75) is 45.8 Å². The summed E-state index contributed by atoms with van der Waals surface area (Å²) in [5.74, 6) is 0.826. The molecule has 1 N–H and O–H groups in total. The maximum absolute atomic E-state index is 13.2. The van der Waals surface area contributed by atoms with E-state index < -0.39 is 6.04 Å². The molecule has 2 aromatic rings. The number of carbonyl (C=O) groups is 2. The van der Waals surface area contributed by atoms with E-state index >= 15 is 0 Å². The highest BCUT2D eigenvalue weighted by Gasteiger charge is 2.28. The highest BCUT2D eigenvalue weighted by Crippen LogP contribution is 2.28. The molecule has 0 fully saturated rings. The lowest BCUT2D eigenvalue weighted by Crippen LogP contribution is -2.50. The molecule has 0 saturated heterocycles. The predicted molar refractivity (Wildman–Crippen MR) is 129 cm³/mol. The summed E-state index contributed by atoms with van der Waals surface area (Å²) in [6.07, 6.45) is 0.774. The molecule has 0 unspecified atom stereocenters.